The molecule has 2 rings (SSSR count). The van der Waals surface area contributed by atoms with Gasteiger partial charge in [0.05, 0.1) is 11.8 Å². The lowest BCUT2D eigenvalue weighted by Gasteiger charge is -2.33. The van der Waals surface area contributed by atoms with Gasteiger partial charge in [0.15, 0.2) is 0 Å². The second-order valence-electron chi connectivity index (χ2n) is 4.78. The smallest absolute Gasteiger partial charge is 0.310 e. The van der Waals surface area contributed by atoms with Crippen molar-refractivity contribution >= 4 is 11.9 Å². The highest BCUT2D eigenvalue weighted by Gasteiger charge is 2.33. The van der Waals surface area contributed by atoms with E-state index in [-0.39, 0.29) is 5.92 Å². The van der Waals surface area contributed by atoms with Crippen LogP contribution >= 0.6 is 0 Å². The van der Waals surface area contributed by atoms with E-state index < -0.39 is 17.9 Å². The predicted molar refractivity (Wildman–Crippen MR) is 56.9 cm³/mol. The number of carboxylic acids is 2. The summed E-state index contributed by atoms with van der Waals surface area (Å²) < 4.78 is 0. The number of fused-ring (bicyclic) bond motifs is 1. The molecule has 0 aliphatic heterocycles. The van der Waals surface area contributed by atoms with Gasteiger partial charge in [0.1, 0.15) is 0 Å². The predicted octanol–water partition coefficient (Wildman–Crippen LogP) is 1.91. The summed E-state index contributed by atoms with van der Waals surface area (Å²) in [5, 5.41) is 17.9. The molecule has 0 heterocycles. The lowest BCUT2D eigenvalue weighted by molar-refractivity contribution is -0.142. The Hall–Kier alpha value is -1.32. The topological polar surface area (TPSA) is 74.6 Å². The Balaban J connectivity index is 2.12. The van der Waals surface area contributed by atoms with E-state index in [9.17, 15) is 9.59 Å². The van der Waals surface area contributed by atoms with E-state index in [4.69, 9.17) is 10.2 Å². The summed E-state index contributed by atoms with van der Waals surface area (Å²) in [7, 11) is 0. The molecular weight excluding hydrogens is 208 g/mol. The summed E-state index contributed by atoms with van der Waals surface area (Å²) in [4.78, 5) is 21.8. The van der Waals surface area contributed by atoms with Crippen LogP contribution in [0.25, 0.3) is 0 Å². The quantitative estimate of drug-likeness (QED) is 0.702. The third-order valence-electron chi connectivity index (χ3n) is 3.78. The van der Waals surface area contributed by atoms with Crippen LogP contribution in [0.4, 0.5) is 0 Å². The van der Waals surface area contributed by atoms with Gasteiger partial charge in [-0.2, -0.15) is 0 Å². The molecule has 3 unspecified atom stereocenters. The van der Waals surface area contributed by atoms with Crippen molar-refractivity contribution in [2.75, 3.05) is 0 Å². The fraction of sp³-hybridized carbons (Fsp3) is 0.667. The molecular formula is C12H16O4. The molecule has 2 aliphatic rings. The molecule has 4 heteroatoms. The summed E-state index contributed by atoms with van der Waals surface area (Å²) >= 11 is 0. The van der Waals surface area contributed by atoms with Gasteiger partial charge in [0.25, 0.3) is 0 Å². The van der Waals surface area contributed by atoms with Crippen LogP contribution in [-0.4, -0.2) is 22.2 Å². The summed E-state index contributed by atoms with van der Waals surface area (Å²) in [6.07, 6.45) is 5.57. The second-order valence-corrected chi connectivity index (χ2v) is 4.78. The number of hydrogen-bond acceptors (Lipinski definition) is 2. The Bertz CT molecular complexity index is 345. The Kier molecular flexibility index (Phi) is 2.99. The average Bonchev–Trinajstić information content (AvgIpc) is 2.27. The molecule has 0 aromatic rings. The second kappa shape index (κ2) is 4.28. The number of carbonyl (C=O) groups is 2. The van der Waals surface area contributed by atoms with E-state index in [2.05, 4.69) is 0 Å². The molecule has 16 heavy (non-hydrogen) atoms. The zero-order valence-electron chi connectivity index (χ0n) is 9.06. The van der Waals surface area contributed by atoms with Gasteiger partial charge in [-0.25, -0.2) is 0 Å². The average molecular weight is 224 g/mol. The van der Waals surface area contributed by atoms with Crippen LogP contribution < -0.4 is 0 Å². The van der Waals surface area contributed by atoms with Gasteiger partial charge in [-0.05, 0) is 38.0 Å². The van der Waals surface area contributed by atoms with E-state index in [1.807, 2.05) is 0 Å². The van der Waals surface area contributed by atoms with Gasteiger partial charge >= 0.3 is 11.9 Å². The molecule has 4 nitrogen and oxygen atoms in total. The lowest BCUT2D eigenvalue weighted by Crippen LogP contribution is -2.28. The monoisotopic (exact) mass is 224 g/mol. The van der Waals surface area contributed by atoms with Crippen molar-refractivity contribution in [1.82, 2.24) is 0 Å². The van der Waals surface area contributed by atoms with Crippen LogP contribution in [0.2, 0.25) is 0 Å². The minimum absolute atomic E-state index is 0.310. The van der Waals surface area contributed by atoms with Crippen molar-refractivity contribution in [3.05, 3.63) is 11.6 Å². The minimum Gasteiger partial charge on any atom is -0.481 e. The van der Waals surface area contributed by atoms with E-state index in [1.165, 1.54) is 0 Å². The van der Waals surface area contributed by atoms with Crippen molar-refractivity contribution in [1.29, 1.82) is 0 Å². The number of carboxylic acid groups (broad SMARTS) is 2. The van der Waals surface area contributed by atoms with Crippen molar-refractivity contribution in [2.24, 2.45) is 17.8 Å². The number of aliphatic carboxylic acids is 2. The maximum atomic E-state index is 10.9. The van der Waals surface area contributed by atoms with Crippen LogP contribution in [0.1, 0.15) is 32.1 Å². The molecule has 0 aromatic heterocycles. The molecule has 2 aliphatic carbocycles. The van der Waals surface area contributed by atoms with E-state index in [0.717, 1.165) is 24.8 Å². The fourth-order valence-corrected chi connectivity index (χ4v) is 2.80. The number of hydrogen-bond donors (Lipinski definition) is 2. The number of rotatable bonds is 2. The SMILES string of the molecule is O=C(O)C1C=C2CC(C(=O)O)CCC2CC1. The molecule has 0 aromatic carbocycles. The third kappa shape index (κ3) is 2.10. The molecule has 0 spiro atoms. The summed E-state index contributed by atoms with van der Waals surface area (Å²) in [6, 6.07) is 0. The lowest BCUT2D eigenvalue weighted by atomic mass is 9.71. The molecule has 2 N–H and O–H groups in total. The maximum Gasteiger partial charge on any atom is 0.310 e. The first-order chi connectivity index (χ1) is 7.58. The van der Waals surface area contributed by atoms with Crippen LogP contribution in [0.3, 0.4) is 0 Å². The minimum atomic E-state index is -0.789. The Labute approximate surface area is 94.0 Å². The zero-order valence-corrected chi connectivity index (χ0v) is 9.06. The Morgan fingerprint density at radius 1 is 1.06 bits per heavy atom. The Morgan fingerprint density at radius 3 is 2.38 bits per heavy atom. The van der Waals surface area contributed by atoms with Crippen molar-refractivity contribution < 1.29 is 19.8 Å². The van der Waals surface area contributed by atoms with Gasteiger partial charge in [-0.1, -0.05) is 11.6 Å². The maximum absolute atomic E-state index is 10.9. The number of allylic oxidation sites excluding steroid dienone is 1. The zero-order chi connectivity index (χ0) is 11.7. The van der Waals surface area contributed by atoms with Gasteiger partial charge < -0.3 is 10.2 Å². The fourth-order valence-electron chi connectivity index (χ4n) is 2.80. The third-order valence-corrected chi connectivity index (χ3v) is 3.78. The van der Waals surface area contributed by atoms with Crippen LogP contribution in [0.5, 0.6) is 0 Å². The summed E-state index contributed by atoms with van der Waals surface area (Å²) in [6.45, 7) is 0. The summed E-state index contributed by atoms with van der Waals surface area (Å²) in [5.74, 6) is -1.82. The van der Waals surface area contributed by atoms with Gasteiger partial charge in [-0.3, -0.25) is 9.59 Å². The van der Waals surface area contributed by atoms with Crippen molar-refractivity contribution in [2.45, 2.75) is 32.1 Å². The highest BCUT2D eigenvalue weighted by Crippen LogP contribution is 2.40. The first kappa shape index (κ1) is 11.2. The molecule has 0 bridgehead atoms. The van der Waals surface area contributed by atoms with Crippen LogP contribution in [-0.2, 0) is 9.59 Å². The van der Waals surface area contributed by atoms with Gasteiger partial charge in [0.2, 0.25) is 0 Å². The normalized spacial score (nSPS) is 33.8. The molecule has 0 radical (unpaired) electrons. The molecule has 0 saturated heterocycles. The van der Waals surface area contributed by atoms with Crippen molar-refractivity contribution in [3.63, 3.8) is 0 Å². The Morgan fingerprint density at radius 2 is 1.75 bits per heavy atom. The standard InChI is InChI=1S/C12H16O4/c13-11(14)8-3-1-7-2-4-9(12(15)16)6-10(7)5-8/h5,7-9H,1-4,6H2,(H,13,14)(H,15,16). The first-order valence-electron chi connectivity index (χ1n) is 5.74. The van der Waals surface area contributed by atoms with Crippen LogP contribution in [0.15, 0.2) is 11.6 Å². The molecule has 1 saturated carbocycles. The molecule has 3 atom stereocenters. The van der Waals surface area contributed by atoms with Gasteiger partial charge in [-0.15, -0.1) is 0 Å². The summed E-state index contributed by atoms with van der Waals surface area (Å²) in [5.41, 5.74) is 1.07. The van der Waals surface area contributed by atoms with Crippen LogP contribution in [0, 0.1) is 17.8 Å². The molecule has 88 valence electrons. The molecule has 0 amide bonds. The largest absolute Gasteiger partial charge is 0.481 e. The highest BCUT2D eigenvalue weighted by molar-refractivity contribution is 5.73. The van der Waals surface area contributed by atoms with E-state index >= 15 is 0 Å². The highest BCUT2D eigenvalue weighted by atomic mass is 16.4. The first-order valence-corrected chi connectivity index (χ1v) is 5.74. The van der Waals surface area contributed by atoms with Gasteiger partial charge in [0, 0.05) is 0 Å². The molecule has 1 fully saturated rings. The van der Waals surface area contributed by atoms with E-state index in [1.54, 1.807) is 6.08 Å². The van der Waals surface area contributed by atoms with E-state index in [0.29, 0.717) is 18.8 Å². The van der Waals surface area contributed by atoms with Crippen molar-refractivity contribution in [3.8, 4) is 0 Å².